The van der Waals surface area contributed by atoms with E-state index in [4.69, 9.17) is 4.74 Å². The summed E-state index contributed by atoms with van der Waals surface area (Å²) in [6.07, 6.45) is 5.31. The van der Waals surface area contributed by atoms with Crippen LogP contribution in [0, 0.1) is 17.2 Å². The molecule has 0 spiro atoms. The number of amides is 1. The van der Waals surface area contributed by atoms with Gasteiger partial charge in [-0.3, -0.25) is 10.00 Å². The Bertz CT molecular complexity index is 868. The summed E-state index contributed by atoms with van der Waals surface area (Å²) in [4.78, 5) is 12.1. The van der Waals surface area contributed by atoms with Gasteiger partial charge in [-0.15, -0.1) is 0 Å². The minimum atomic E-state index is -0.612. The fourth-order valence-corrected chi connectivity index (χ4v) is 3.48. The first kappa shape index (κ1) is 19.2. The van der Waals surface area contributed by atoms with Crippen LogP contribution in [0.4, 0.5) is 10.5 Å². The van der Waals surface area contributed by atoms with Crippen molar-refractivity contribution < 1.29 is 14.6 Å². The minimum absolute atomic E-state index is 0.249. The van der Waals surface area contributed by atoms with Crippen LogP contribution >= 0.6 is 0 Å². The van der Waals surface area contributed by atoms with Crippen molar-refractivity contribution in [2.75, 3.05) is 11.9 Å². The number of carbonyl (C=O) groups excluding carboxylic acids is 1. The van der Waals surface area contributed by atoms with E-state index in [0.717, 1.165) is 36.6 Å². The number of nitrogens with one attached hydrogen (secondary N) is 1. The van der Waals surface area contributed by atoms with Crippen LogP contribution in [0.25, 0.3) is 10.9 Å². The van der Waals surface area contributed by atoms with Gasteiger partial charge in [0, 0.05) is 18.2 Å². The molecule has 1 heterocycles. The number of anilines is 1. The van der Waals surface area contributed by atoms with Crippen LogP contribution < -0.4 is 5.32 Å². The summed E-state index contributed by atoms with van der Waals surface area (Å²) in [5.74, 6) is 0.390. The van der Waals surface area contributed by atoms with Crippen molar-refractivity contribution in [2.45, 2.75) is 58.1 Å². The monoisotopic (exact) mass is 370 g/mol. The highest BCUT2D eigenvalue weighted by molar-refractivity contribution is 5.92. The first-order valence-electron chi connectivity index (χ1n) is 9.33. The molecule has 144 valence electrons. The number of hydrogen-bond donors (Lipinski definition) is 2. The molecule has 0 radical (unpaired) electrons. The highest BCUT2D eigenvalue weighted by atomic mass is 16.6. The Balaban J connectivity index is 1.83. The molecule has 1 amide bonds. The molecule has 27 heavy (non-hydrogen) atoms. The predicted octanol–water partition coefficient (Wildman–Crippen LogP) is 3.98. The molecule has 7 nitrogen and oxygen atoms in total. The first-order valence-corrected chi connectivity index (χ1v) is 9.33. The number of fused-ring (bicyclic) bond motifs is 1. The molecule has 0 saturated heterocycles. The van der Waals surface area contributed by atoms with Crippen LogP contribution in [0.5, 0.6) is 0 Å². The minimum Gasteiger partial charge on any atom is -0.444 e. The zero-order chi connectivity index (χ0) is 19.6. The normalized spacial score (nSPS) is 20.3. The number of ether oxygens (including phenoxy) is 1. The SMILES string of the molecule is CC(C)(C)OC(=O)Nc1cc2cn([C@H]3CC[C@H](CO)CC3)nc2cc1C#N. The molecule has 1 fully saturated rings. The van der Waals surface area contributed by atoms with Gasteiger partial charge in [-0.05, 0) is 64.5 Å². The van der Waals surface area contributed by atoms with Crippen molar-refractivity contribution in [3.05, 3.63) is 23.9 Å². The Morgan fingerprint density at radius 1 is 1.37 bits per heavy atom. The van der Waals surface area contributed by atoms with Crippen molar-refractivity contribution >= 4 is 22.7 Å². The summed E-state index contributed by atoms with van der Waals surface area (Å²) >= 11 is 0. The van der Waals surface area contributed by atoms with E-state index in [1.165, 1.54) is 0 Å². The van der Waals surface area contributed by atoms with Gasteiger partial charge in [0.1, 0.15) is 11.7 Å². The summed E-state index contributed by atoms with van der Waals surface area (Å²) in [5, 5.41) is 26.9. The molecule has 1 aromatic heterocycles. The van der Waals surface area contributed by atoms with Gasteiger partial charge in [0.05, 0.1) is 22.8 Å². The largest absolute Gasteiger partial charge is 0.444 e. The molecule has 0 atom stereocenters. The zero-order valence-electron chi connectivity index (χ0n) is 16.0. The zero-order valence-corrected chi connectivity index (χ0v) is 16.0. The van der Waals surface area contributed by atoms with E-state index in [0.29, 0.717) is 23.2 Å². The fourth-order valence-electron chi connectivity index (χ4n) is 3.48. The van der Waals surface area contributed by atoms with Crippen LogP contribution in [-0.2, 0) is 4.74 Å². The molecule has 1 saturated carbocycles. The van der Waals surface area contributed by atoms with Crippen LogP contribution in [0.2, 0.25) is 0 Å². The predicted molar refractivity (Wildman–Crippen MR) is 102 cm³/mol. The Morgan fingerprint density at radius 3 is 2.67 bits per heavy atom. The Labute approximate surface area is 158 Å². The number of carbonyl (C=O) groups is 1. The molecule has 7 heteroatoms. The van der Waals surface area contributed by atoms with Gasteiger partial charge in [-0.2, -0.15) is 10.4 Å². The Morgan fingerprint density at radius 2 is 2.07 bits per heavy atom. The lowest BCUT2D eigenvalue weighted by atomic mass is 9.87. The summed E-state index contributed by atoms with van der Waals surface area (Å²) in [7, 11) is 0. The highest BCUT2D eigenvalue weighted by Crippen LogP contribution is 2.33. The quantitative estimate of drug-likeness (QED) is 0.851. The maximum absolute atomic E-state index is 12.1. The third kappa shape index (κ3) is 4.58. The number of rotatable bonds is 3. The molecule has 2 aromatic rings. The van der Waals surface area contributed by atoms with Crippen LogP contribution in [0.3, 0.4) is 0 Å². The number of hydrogen-bond acceptors (Lipinski definition) is 5. The standard InChI is InChI=1S/C20H26N4O3/c1-20(2,3)27-19(26)22-17-9-15-11-24(23-18(15)8-14(17)10-21)16-6-4-13(12-25)5-7-16/h8-9,11,13,16,25H,4-7,12H2,1-3H3,(H,22,26)/t13-,16-. The summed E-state index contributed by atoms with van der Waals surface area (Å²) < 4.78 is 7.23. The number of nitriles is 1. The second-order valence-corrected chi connectivity index (χ2v) is 8.16. The van der Waals surface area contributed by atoms with Gasteiger partial charge in [0.25, 0.3) is 0 Å². The van der Waals surface area contributed by atoms with Crippen molar-refractivity contribution in [3.8, 4) is 6.07 Å². The molecule has 3 rings (SSSR count). The summed E-state index contributed by atoms with van der Waals surface area (Å²) in [6.45, 7) is 5.61. The van der Waals surface area contributed by atoms with E-state index in [1.807, 2.05) is 10.9 Å². The molecular weight excluding hydrogens is 344 g/mol. The van der Waals surface area contributed by atoms with Crippen molar-refractivity contribution in [1.29, 1.82) is 5.26 Å². The smallest absolute Gasteiger partial charge is 0.412 e. The van der Waals surface area contributed by atoms with E-state index in [9.17, 15) is 15.2 Å². The first-order chi connectivity index (χ1) is 12.8. The van der Waals surface area contributed by atoms with E-state index in [1.54, 1.807) is 32.9 Å². The average molecular weight is 370 g/mol. The van der Waals surface area contributed by atoms with Gasteiger partial charge >= 0.3 is 6.09 Å². The van der Waals surface area contributed by atoms with E-state index in [-0.39, 0.29) is 6.61 Å². The van der Waals surface area contributed by atoms with Crippen LogP contribution in [0.15, 0.2) is 18.3 Å². The average Bonchev–Trinajstić information content (AvgIpc) is 3.02. The van der Waals surface area contributed by atoms with Gasteiger partial charge in [0.2, 0.25) is 0 Å². The Hall–Kier alpha value is -2.59. The van der Waals surface area contributed by atoms with Crippen molar-refractivity contribution in [3.63, 3.8) is 0 Å². The topological polar surface area (TPSA) is 100 Å². The van der Waals surface area contributed by atoms with E-state index < -0.39 is 11.7 Å². The Kier molecular flexibility index (Phi) is 5.38. The number of aromatic nitrogens is 2. The van der Waals surface area contributed by atoms with Crippen molar-refractivity contribution in [2.24, 2.45) is 5.92 Å². The maximum atomic E-state index is 12.1. The molecule has 0 bridgehead atoms. The van der Waals surface area contributed by atoms with E-state index >= 15 is 0 Å². The maximum Gasteiger partial charge on any atom is 0.412 e. The van der Waals surface area contributed by atoms with Gasteiger partial charge < -0.3 is 9.84 Å². The lowest BCUT2D eigenvalue weighted by molar-refractivity contribution is 0.0636. The number of nitrogens with zero attached hydrogens (tertiary/aromatic N) is 3. The lowest BCUT2D eigenvalue weighted by Gasteiger charge is -2.27. The number of aliphatic hydroxyl groups is 1. The summed E-state index contributed by atoms with van der Waals surface area (Å²) in [5.41, 5.74) is 0.884. The third-order valence-electron chi connectivity index (χ3n) is 4.87. The molecule has 0 aliphatic heterocycles. The van der Waals surface area contributed by atoms with Gasteiger partial charge in [0.15, 0.2) is 0 Å². The fraction of sp³-hybridized carbons (Fsp3) is 0.550. The second kappa shape index (κ2) is 7.57. The third-order valence-corrected chi connectivity index (χ3v) is 4.87. The molecule has 1 aliphatic rings. The van der Waals surface area contributed by atoms with Crippen LogP contribution in [0.1, 0.15) is 58.1 Å². The number of benzene rings is 1. The molecule has 2 N–H and O–H groups in total. The van der Waals surface area contributed by atoms with Gasteiger partial charge in [-0.25, -0.2) is 4.79 Å². The van der Waals surface area contributed by atoms with Crippen LogP contribution in [-0.4, -0.2) is 33.2 Å². The second-order valence-electron chi connectivity index (χ2n) is 8.16. The molecular formula is C20H26N4O3. The van der Waals surface area contributed by atoms with Gasteiger partial charge in [-0.1, -0.05) is 0 Å². The molecule has 0 unspecified atom stereocenters. The van der Waals surface area contributed by atoms with E-state index in [2.05, 4.69) is 16.5 Å². The number of aliphatic hydroxyl groups excluding tert-OH is 1. The summed E-state index contributed by atoms with van der Waals surface area (Å²) in [6, 6.07) is 5.87. The molecule has 1 aromatic carbocycles. The van der Waals surface area contributed by atoms with Crippen molar-refractivity contribution in [1.82, 2.24) is 9.78 Å². The lowest BCUT2D eigenvalue weighted by Crippen LogP contribution is -2.27. The highest BCUT2D eigenvalue weighted by Gasteiger charge is 2.23. The molecule has 1 aliphatic carbocycles.